The monoisotopic (exact) mass is 383 g/mol. The lowest BCUT2D eigenvalue weighted by Gasteiger charge is -2.32. The minimum atomic E-state index is 0.106. The van der Waals surface area contributed by atoms with Gasteiger partial charge >= 0.3 is 0 Å². The summed E-state index contributed by atoms with van der Waals surface area (Å²) in [5.41, 5.74) is 1.32. The van der Waals surface area contributed by atoms with Gasteiger partial charge in [0.1, 0.15) is 6.54 Å². The SMILES string of the molecule is CC1CCN(Cc2nnnn2CC(=O)N2CCC(c3ccncc3)CC2)CC1. The zero-order valence-corrected chi connectivity index (χ0v) is 16.6. The molecule has 2 saturated heterocycles. The second-order valence-electron chi connectivity index (χ2n) is 8.15. The average Bonchev–Trinajstić information content (AvgIpc) is 3.17. The van der Waals surface area contributed by atoms with Gasteiger partial charge in [0.15, 0.2) is 5.82 Å². The Morgan fingerprint density at radius 2 is 1.79 bits per heavy atom. The number of hydrogen-bond donors (Lipinski definition) is 0. The summed E-state index contributed by atoms with van der Waals surface area (Å²) >= 11 is 0. The molecule has 150 valence electrons. The van der Waals surface area contributed by atoms with Gasteiger partial charge in [0.2, 0.25) is 5.91 Å². The lowest BCUT2D eigenvalue weighted by atomic mass is 9.90. The number of nitrogens with zero attached hydrogens (tertiary/aromatic N) is 7. The van der Waals surface area contributed by atoms with Gasteiger partial charge in [-0.15, -0.1) is 5.10 Å². The number of tetrazole rings is 1. The van der Waals surface area contributed by atoms with Crippen LogP contribution >= 0.6 is 0 Å². The minimum Gasteiger partial charge on any atom is -0.341 e. The summed E-state index contributed by atoms with van der Waals surface area (Å²) in [5.74, 6) is 2.20. The van der Waals surface area contributed by atoms with Crippen LogP contribution in [0.3, 0.4) is 0 Å². The molecule has 2 aromatic heterocycles. The third-order valence-corrected chi connectivity index (χ3v) is 6.16. The number of likely N-dealkylation sites (tertiary alicyclic amines) is 2. The van der Waals surface area contributed by atoms with Crippen molar-refractivity contribution in [2.45, 2.75) is 51.6 Å². The first-order chi connectivity index (χ1) is 13.7. The first kappa shape index (κ1) is 19.0. The molecule has 2 aliphatic heterocycles. The van der Waals surface area contributed by atoms with Crippen LogP contribution in [0.2, 0.25) is 0 Å². The van der Waals surface area contributed by atoms with Crippen LogP contribution in [-0.2, 0) is 17.9 Å². The maximum Gasteiger partial charge on any atom is 0.244 e. The number of piperidine rings is 2. The van der Waals surface area contributed by atoms with Gasteiger partial charge in [-0.1, -0.05) is 6.92 Å². The van der Waals surface area contributed by atoms with E-state index in [9.17, 15) is 4.79 Å². The van der Waals surface area contributed by atoms with E-state index in [0.717, 1.165) is 57.3 Å². The molecule has 0 N–H and O–H groups in total. The summed E-state index contributed by atoms with van der Waals surface area (Å²) in [6.45, 7) is 6.97. The van der Waals surface area contributed by atoms with Gasteiger partial charge in [0.25, 0.3) is 0 Å². The predicted molar refractivity (Wildman–Crippen MR) is 104 cm³/mol. The number of rotatable bonds is 5. The molecule has 8 heteroatoms. The van der Waals surface area contributed by atoms with E-state index in [1.54, 1.807) is 4.68 Å². The van der Waals surface area contributed by atoms with Crippen molar-refractivity contribution >= 4 is 5.91 Å². The molecular weight excluding hydrogens is 354 g/mol. The third kappa shape index (κ3) is 4.55. The molecule has 0 spiro atoms. The predicted octanol–water partition coefficient (Wildman–Crippen LogP) is 1.71. The van der Waals surface area contributed by atoms with Crippen LogP contribution in [0.25, 0.3) is 0 Å². The van der Waals surface area contributed by atoms with Crippen molar-refractivity contribution in [1.82, 2.24) is 35.0 Å². The molecule has 1 amide bonds. The van der Waals surface area contributed by atoms with Crippen molar-refractivity contribution in [3.05, 3.63) is 35.9 Å². The van der Waals surface area contributed by atoms with Crippen LogP contribution in [0.15, 0.2) is 24.5 Å². The molecule has 0 saturated carbocycles. The molecular formula is C20H29N7O. The van der Waals surface area contributed by atoms with Crippen molar-refractivity contribution in [3.63, 3.8) is 0 Å². The van der Waals surface area contributed by atoms with E-state index >= 15 is 0 Å². The van der Waals surface area contributed by atoms with Crippen LogP contribution in [0.4, 0.5) is 0 Å². The Kier molecular flexibility index (Phi) is 5.95. The van der Waals surface area contributed by atoms with E-state index in [0.29, 0.717) is 5.92 Å². The number of amides is 1. The molecule has 0 aliphatic carbocycles. The lowest BCUT2D eigenvalue weighted by Crippen LogP contribution is -2.40. The lowest BCUT2D eigenvalue weighted by molar-refractivity contribution is -0.133. The van der Waals surface area contributed by atoms with Gasteiger partial charge in [-0.3, -0.25) is 14.7 Å². The first-order valence-electron chi connectivity index (χ1n) is 10.3. The molecule has 2 aliphatic rings. The second kappa shape index (κ2) is 8.77. The molecule has 0 atom stereocenters. The van der Waals surface area contributed by atoms with Gasteiger partial charge in [0.05, 0.1) is 6.54 Å². The molecule has 2 aromatic rings. The van der Waals surface area contributed by atoms with Crippen molar-refractivity contribution in [2.24, 2.45) is 5.92 Å². The Morgan fingerprint density at radius 3 is 2.50 bits per heavy atom. The Hall–Kier alpha value is -2.35. The summed E-state index contributed by atoms with van der Waals surface area (Å²) < 4.78 is 1.68. The van der Waals surface area contributed by atoms with Crippen LogP contribution < -0.4 is 0 Å². The number of aromatic nitrogens is 5. The van der Waals surface area contributed by atoms with Crippen LogP contribution in [0, 0.1) is 5.92 Å². The summed E-state index contributed by atoms with van der Waals surface area (Å²) in [6.07, 6.45) is 8.10. The van der Waals surface area contributed by atoms with Gasteiger partial charge in [0, 0.05) is 25.5 Å². The fourth-order valence-electron chi connectivity index (χ4n) is 4.21. The molecule has 4 rings (SSSR count). The number of hydrogen-bond acceptors (Lipinski definition) is 6. The maximum absolute atomic E-state index is 12.8. The largest absolute Gasteiger partial charge is 0.341 e. The quantitative estimate of drug-likeness (QED) is 0.782. The highest BCUT2D eigenvalue weighted by Gasteiger charge is 2.25. The van der Waals surface area contributed by atoms with Gasteiger partial charge in [-0.05, 0) is 78.7 Å². The van der Waals surface area contributed by atoms with E-state index < -0.39 is 0 Å². The Morgan fingerprint density at radius 1 is 1.07 bits per heavy atom. The molecule has 0 radical (unpaired) electrons. The second-order valence-corrected chi connectivity index (χ2v) is 8.15. The summed E-state index contributed by atoms with van der Waals surface area (Å²) in [5, 5.41) is 12.0. The average molecular weight is 384 g/mol. The zero-order valence-electron chi connectivity index (χ0n) is 16.6. The Balaban J connectivity index is 1.29. The summed E-state index contributed by atoms with van der Waals surface area (Å²) in [6, 6.07) is 4.16. The van der Waals surface area contributed by atoms with Crippen molar-refractivity contribution in [1.29, 1.82) is 0 Å². The van der Waals surface area contributed by atoms with Crippen molar-refractivity contribution < 1.29 is 4.79 Å². The molecule has 4 heterocycles. The fraction of sp³-hybridized carbons (Fsp3) is 0.650. The van der Waals surface area contributed by atoms with E-state index in [-0.39, 0.29) is 12.5 Å². The van der Waals surface area contributed by atoms with Crippen LogP contribution in [0.1, 0.15) is 49.9 Å². The standard InChI is InChI=1S/C20H29N7O/c1-16-4-10-25(11-5-16)14-19-22-23-24-27(19)15-20(28)26-12-6-18(7-13-26)17-2-8-21-9-3-17/h2-3,8-9,16,18H,4-7,10-15H2,1H3. The molecule has 0 unspecified atom stereocenters. The van der Waals surface area contributed by atoms with Crippen molar-refractivity contribution in [3.8, 4) is 0 Å². The normalized spacial score (nSPS) is 19.8. The molecule has 0 aromatic carbocycles. The van der Waals surface area contributed by atoms with E-state index in [2.05, 4.69) is 44.5 Å². The Bertz CT molecular complexity index is 762. The first-order valence-corrected chi connectivity index (χ1v) is 10.3. The fourth-order valence-corrected chi connectivity index (χ4v) is 4.21. The minimum absolute atomic E-state index is 0.106. The van der Waals surface area contributed by atoms with E-state index in [1.165, 1.54) is 18.4 Å². The van der Waals surface area contributed by atoms with Gasteiger partial charge < -0.3 is 4.90 Å². The van der Waals surface area contributed by atoms with Crippen molar-refractivity contribution in [2.75, 3.05) is 26.2 Å². The zero-order chi connectivity index (χ0) is 19.3. The van der Waals surface area contributed by atoms with E-state index in [4.69, 9.17) is 0 Å². The molecule has 2 fully saturated rings. The van der Waals surface area contributed by atoms with Gasteiger partial charge in [-0.2, -0.15) is 0 Å². The number of carbonyl (C=O) groups is 1. The highest BCUT2D eigenvalue weighted by atomic mass is 16.2. The third-order valence-electron chi connectivity index (χ3n) is 6.16. The molecule has 0 bridgehead atoms. The smallest absolute Gasteiger partial charge is 0.244 e. The maximum atomic E-state index is 12.8. The summed E-state index contributed by atoms with van der Waals surface area (Å²) in [7, 11) is 0. The van der Waals surface area contributed by atoms with E-state index in [1.807, 2.05) is 17.3 Å². The number of carbonyl (C=O) groups excluding carboxylic acids is 1. The van der Waals surface area contributed by atoms with Gasteiger partial charge in [-0.25, -0.2) is 4.68 Å². The topological polar surface area (TPSA) is 80.0 Å². The molecule has 28 heavy (non-hydrogen) atoms. The number of pyridine rings is 1. The Labute approximate surface area is 165 Å². The summed E-state index contributed by atoms with van der Waals surface area (Å²) in [4.78, 5) is 21.2. The molecule has 8 nitrogen and oxygen atoms in total. The highest BCUT2D eigenvalue weighted by molar-refractivity contribution is 5.76. The van der Waals surface area contributed by atoms with Crippen LogP contribution in [-0.4, -0.2) is 67.1 Å². The van der Waals surface area contributed by atoms with Crippen LogP contribution in [0.5, 0.6) is 0 Å². The highest BCUT2D eigenvalue weighted by Crippen LogP contribution is 2.27.